The fraction of sp³-hybridized carbons (Fsp3) is 0.684. The second kappa shape index (κ2) is 7.69. The predicted octanol–water partition coefficient (Wildman–Crippen LogP) is 4.84. The van der Waals surface area contributed by atoms with Crippen molar-refractivity contribution in [2.45, 2.75) is 51.4 Å². The Bertz CT molecular complexity index is 494. The van der Waals surface area contributed by atoms with E-state index in [0.29, 0.717) is 17.9 Å². The number of piperidine rings is 1. The number of hydrogen-bond acceptors (Lipinski definition) is 1. The van der Waals surface area contributed by atoms with Crippen LogP contribution >= 0.6 is 0 Å². The van der Waals surface area contributed by atoms with E-state index in [1.54, 1.807) is 0 Å². The van der Waals surface area contributed by atoms with Crippen molar-refractivity contribution in [3.05, 3.63) is 35.1 Å². The molecule has 0 unspecified atom stereocenters. The molecule has 1 aromatic carbocycles. The maximum atomic E-state index is 13.2. The third-order valence-electron chi connectivity index (χ3n) is 5.83. The van der Waals surface area contributed by atoms with Gasteiger partial charge in [-0.25, -0.2) is 13.2 Å². The summed E-state index contributed by atoms with van der Waals surface area (Å²) in [6, 6.07) is 2.28. The van der Waals surface area contributed by atoms with Crippen LogP contribution in [0.2, 0.25) is 0 Å². The molecule has 23 heavy (non-hydrogen) atoms. The van der Waals surface area contributed by atoms with Gasteiger partial charge in [-0.3, -0.25) is 0 Å². The van der Waals surface area contributed by atoms with Crippen molar-refractivity contribution in [1.29, 1.82) is 0 Å². The molecule has 0 amide bonds. The summed E-state index contributed by atoms with van der Waals surface area (Å²) in [4.78, 5) is 0. The first-order chi connectivity index (χ1) is 11.1. The standard InChI is InChI=1S/C19H26F3N/c20-17-11-14(12-18(21)19(17)22)2-1-13-3-5-15(6-4-13)16-7-9-23-10-8-16/h11-13,15-16,23H,1-10H2. The molecule has 0 radical (unpaired) electrons. The number of benzene rings is 1. The van der Waals surface area contributed by atoms with E-state index >= 15 is 0 Å². The van der Waals surface area contributed by atoms with Crippen molar-refractivity contribution < 1.29 is 13.2 Å². The molecule has 1 aromatic rings. The van der Waals surface area contributed by atoms with Gasteiger partial charge in [-0.15, -0.1) is 0 Å². The monoisotopic (exact) mass is 325 g/mol. The Morgan fingerprint density at radius 1 is 0.826 bits per heavy atom. The molecule has 0 bridgehead atoms. The number of rotatable bonds is 4. The zero-order valence-corrected chi connectivity index (χ0v) is 13.6. The summed E-state index contributed by atoms with van der Waals surface area (Å²) in [5.74, 6) is -1.11. The lowest BCUT2D eigenvalue weighted by Gasteiger charge is -2.36. The normalized spacial score (nSPS) is 26.4. The van der Waals surface area contributed by atoms with Gasteiger partial charge >= 0.3 is 0 Å². The highest BCUT2D eigenvalue weighted by Crippen LogP contribution is 2.38. The van der Waals surface area contributed by atoms with Gasteiger partial charge < -0.3 is 5.32 Å². The molecule has 2 fully saturated rings. The number of halogens is 3. The fourth-order valence-corrected chi connectivity index (χ4v) is 4.39. The maximum Gasteiger partial charge on any atom is 0.194 e. The molecular formula is C19H26F3N. The Morgan fingerprint density at radius 2 is 1.39 bits per heavy atom. The zero-order chi connectivity index (χ0) is 16.2. The van der Waals surface area contributed by atoms with Gasteiger partial charge in [-0.05, 0) is 87.1 Å². The van der Waals surface area contributed by atoms with Crippen LogP contribution in [0.3, 0.4) is 0 Å². The van der Waals surface area contributed by atoms with Crippen molar-refractivity contribution in [2.75, 3.05) is 13.1 Å². The molecule has 1 saturated heterocycles. The van der Waals surface area contributed by atoms with Gasteiger partial charge in [0.05, 0.1) is 0 Å². The topological polar surface area (TPSA) is 12.0 Å². The molecule has 2 aliphatic rings. The van der Waals surface area contributed by atoms with Gasteiger partial charge in [0, 0.05) is 0 Å². The average molecular weight is 325 g/mol. The summed E-state index contributed by atoms with van der Waals surface area (Å²) < 4.78 is 39.5. The summed E-state index contributed by atoms with van der Waals surface area (Å²) in [5.41, 5.74) is 0.571. The van der Waals surface area contributed by atoms with E-state index in [1.807, 2.05) is 0 Å². The summed E-state index contributed by atoms with van der Waals surface area (Å²) in [7, 11) is 0. The largest absolute Gasteiger partial charge is 0.317 e. The summed E-state index contributed by atoms with van der Waals surface area (Å²) in [5, 5.41) is 3.43. The number of hydrogen-bond donors (Lipinski definition) is 1. The first-order valence-electron chi connectivity index (χ1n) is 8.97. The van der Waals surface area contributed by atoms with E-state index in [0.717, 1.165) is 43.5 Å². The van der Waals surface area contributed by atoms with Gasteiger partial charge in [0.25, 0.3) is 0 Å². The highest BCUT2D eigenvalue weighted by molar-refractivity contribution is 5.19. The van der Waals surface area contributed by atoms with Crippen LogP contribution in [0.25, 0.3) is 0 Å². The van der Waals surface area contributed by atoms with Crippen LogP contribution in [0.5, 0.6) is 0 Å². The minimum Gasteiger partial charge on any atom is -0.317 e. The van der Waals surface area contributed by atoms with Gasteiger partial charge in [-0.1, -0.05) is 12.8 Å². The van der Waals surface area contributed by atoms with E-state index < -0.39 is 17.5 Å². The Balaban J connectivity index is 1.45. The lowest BCUT2D eigenvalue weighted by molar-refractivity contribution is 0.169. The molecule has 1 nitrogen and oxygen atoms in total. The van der Waals surface area contributed by atoms with E-state index in [1.165, 1.54) is 38.5 Å². The second-order valence-corrected chi connectivity index (χ2v) is 7.28. The molecule has 1 aliphatic carbocycles. The fourth-order valence-electron chi connectivity index (χ4n) is 4.39. The van der Waals surface area contributed by atoms with Crippen LogP contribution in [0.1, 0.15) is 50.5 Å². The maximum absolute atomic E-state index is 13.2. The molecule has 1 saturated carbocycles. The Morgan fingerprint density at radius 3 is 2.00 bits per heavy atom. The van der Waals surface area contributed by atoms with Crippen molar-refractivity contribution in [1.82, 2.24) is 5.32 Å². The first-order valence-corrected chi connectivity index (χ1v) is 8.97. The van der Waals surface area contributed by atoms with Gasteiger partial charge in [0.15, 0.2) is 17.5 Å². The van der Waals surface area contributed by atoms with Crippen molar-refractivity contribution >= 4 is 0 Å². The SMILES string of the molecule is Fc1cc(CCC2CCC(C3CCNCC3)CC2)cc(F)c1F. The Kier molecular flexibility index (Phi) is 5.62. The third kappa shape index (κ3) is 4.28. The predicted molar refractivity (Wildman–Crippen MR) is 85.7 cm³/mol. The number of aryl methyl sites for hydroxylation is 1. The number of nitrogens with one attached hydrogen (secondary N) is 1. The van der Waals surface area contributed by atoms with E-state index in [4.69, 9.17) is 0 Å². The Hall–Kier alpha value is -1.03. The zero-order valence-electron chi connectivity index (χ0n) is 13.6. The third-order valence-corrected chi connectivity index (χ3v) is 5.83. The van der Waals surface area contributed by atoms with Crippen molar-refractivity contribution in [3.8, 4) is 0 Å². The summed E-state index contributed by atoms with van der Waals surface area (Å²) in [6.45, 7) is 2.32. The molecule has 0 atom stereocenters. The lowest BCUT2D eigenvalue weighted by atomic mass is 9.72. The van der Waals surface area contributed by atoms with Crippen LogP contribution in [0.15, 0.2) is 12.1 Å². The molecule has 4 heteroatoms. The molecule has 3 rings (SSSR count). The van der Waals surface area contributed by atoms with Crippen molar-refractivity contribution in [3.63, 3.8) is 0 Å². The molecular weight excluding hydrogens is 299 g/mol. The summed E-state index contributed by atoms with van der Waals surface area (Å²) >= 11 is 0. The molecule has 1 heterocycles. The minimum atomic E-state index is -1.36. The van der Waals surface area contributed by atoms with Gasteiger partial charge in [0.1, 0.15) is 0 Å². The smallest absolute Gasteiger partial charge is 0.194 e. The lowest BCUT2D eigenvalue weighted by Crippen LogP contribution is -2.33. The first kappa shape index (κ1) is 16.8. The van der Waals surface area contributed by atoms with Crippen LogP contribution < -0.4 is 5.32 Å². The second-order valence-electron chi connectivity index (χ2n) is 7.28. The quantitative estimate of drug-likeness (QED) is 0.781. The van der Waals surface area contributed by atoms with Crippen LogP contribution in [-0.2, 0) is 6.42 Å². The van der Waals surface area contributed by atoms with E-state index in [-0.39, 0.29) is 0 Å². The Labute approximate surface area is 136 Å². The van der Waals surface area contributed by atoms with E-state index in [2.05, 4.69) is 5.32 Å². The van der Waals surface area contributed by atoms with Crippen LogP contribution in [0.4, 0.5) is 13.2 Å². The van der Waals surface area contributed by atoms with Crippen LogP contribution in [0, 0.1) is 35.2 Å². The molecule has 128 valence electrons. The highest BCUT2D eigenvalue weighted by Gasteiger charge is 2.28. The minimum absolute atomic E-state index is 0.571. The van der Waals surface area contributed by atoms with Crippen molar-refractivity contribution in [2.24, 2.45) is 17.8 Å². The molecule has 1 N–H and O–H groups in total. The summed E-state index contributed by atoms with van der Waals surface area (Å²) in [6.07, 6.45) is 9.23. The van der Waals surface area contributed by atoms with E-state index in [9.17, 15) is 13.2 Å². The molecule has 0 spiro atoms. The average Bonchev–Trinajstić information content (AvgIpc) is 2.59. The highest BCUT2D eigenvalue weighted by atomic mass is 19.2. The molecule has 0 aromatic heterocycles. The molecule has 1 aliphatic heterocycles. The van der Waals surface area contributed by atoms with Crippen LogP contribution in [-0.4, -0.2) is 13.1 Å². The van der Waals surface area contributed by atoms with Gasteiger partial charge in [-0.2, -0.15) is 0 Å². The van der Waals surface area contributed by atoms with Gasteiger partial charge in [0.2, 0.25) is 0 Å².